The van der Waals surface area contributed by atoms with Crippen molar-refractivity contribution in [1.29, 1.82) is 0 Å². The SMILES string of the molecule is COc1ccc(S(=O)(=O)NC2CCOC2)cc1C(=O)Nc1c(Cl)cccc1Cl. The van der Waals surface area contributed by atoms with E-state index in [0.717, 1.165) is 0 Å². The number of halogens is 2. The highest BCUT2D eigenvalue weighted by molar-refractivity contribution is 7.89. The molecule has 1 fully saturated rings. The van der Waals surface area contributed by atoms with Gasteiger partial charge in [0.15, 0.2) is 0 Å². The molecule has 0 aromatic heterocycles. The van der Waals surface area contributed by atoms with Crippen LogP contribution in [0, 0.1) is 0 Å². The van der Waals surface area contributed by atoms with E-state index >= 15 is 0 Å². The van der Waals surface area contributed by atoms with E-state index in [1.165, 1.54) is 25.3 Å². The van der Waals surface area contributed by atoms with Crippen LogP contribution in [0.5, 0.6) is 5.75 Å². The molecule has 2 N–H and O–H groups in total. The molecule has 2 aromatic carbocycles. The van der Waals surface area contributed by atoms with Gasteiger partial charge in [-0.2, -0.15) is 0 Å². The molecule has 1 amide bonds. The van der Waals surface area contributed by atoms with Gasteiger partial charge in [-0.1, -0.05) is 29.3 Å². The fraction of sp³-hybridized carbons (Fsp3) is 0.278. The molecule has 0 aliphatic carbocycles. The van der Waals surface area contributed by atoms with E-state index < -0.39 is 15.9 Å². The van der Waals surface area contributed by atoms with Crippen LogP contribution >= 0.6 is 23.2 Å². The van der Waals surface area contributed by atoms with Crippen molar-refractivity contribution in [1.82, 2.24) is 4.72 Å². The van der Waals surface area contributed by atoms with Gasteiger partial charge in [0.1, 0.15) is 5.75 Å². The summed E-state index contributed by atoms with van der Waals surface area (Å²) in [7, 11) is -2.45. The number of hydrogen-bond acceptors (Lipinski definition) is 5. The largest absolute Gasteiger partial charge is 0.496 e. The maximum atomic E-state index is 12.8. The third kappa shape index (κ3) is 4.59. The van der Waals surface area contributed by atoms with Gasteiger partial charge in [0, 0.05) is 12.6 Å². The van der Waals surface area contributed by atoms with Gasteiger partial charge < -0.3 is 14.8 Å². The summed E-state index contributed by atoms with van der Waals surface area (Å²) in [6.07, 6.45) is 0.591. The molecule has 150 valence electrons. The summed E-state index contributed by atoms with van der Waals surface area (Å²) in [4.78, 5) is 12.7. The van der Waals surface area contributed by atoms with Gasteiger partial charge >= 0.3 is 0 Å². The van der Waals surface area contributed by atoms with Crippen LogP contribution in [-0.4, -0.2) is 40.7 Å². The number of ether oxygens (including phenoxy) is 2. The Balaban J connectivity index is 1.91. The van der Waals surface area contributed by atoms with E-state index in [0.29, 0.717) is 19.6 Å². The Morgan fingerprint density at radius 1 is 1.21 bits per heavy atom. The van der Waals surface area contributed by atoms with Gasteiger partial charge in [-0.25, -0.2) is 13.1 Å². The number of sulfonamides is 1. The normalized spacial score (nSPS) is 16.8. The number of nitrogens with one attached hydrogen (secondary N) is 2. The van der Waals surface area contributed by atoms with Crippen LogP contribution < -0.4 is 14.8 Å². The van der Waals surface area contributed by atoms with Crippen LogP contribution in [0.25, 0.3) is 0 Å². The highest BCUT2D eigenvalue weighted by Gasteiger charge is 2.25. The number of benzene rings is 2. The number of rotatable bonds is 6. The molecule has 1 saturated heterocycles. The van der Waals surface area contributed by atoms with Crippen molar-refractivity contribution in [3.8, 4) is 5.75 Å². The number of carbonyl (C=O) groups is 1. The van der Waals surface area contributed by atoms with Crippen LogP contribution in [-0.2, 0) is 14.8 Å². The second-order valence-corrected chi connectivity index (χ2v) is 8.62. The Morgan fingerprint density at radius 3 is 2.54 bits per heavy atom. The minimum absolute atomic E-state index is 0.0315. The third-order valence-corrected chi connectivity index (χ3v) is 6.33. The summed E-state index contributed by atoms with van der Waals surface area (Å²) in [6.45, 7) is 0.815. The second kappa shape index (κ2) is 8.67. The summed E-state index contributed by atoms with van der Waals surface area (Å²) in [5.74, 6) is -0.392. The first kappa shape index (κ1) is 20.9. The predicted octanol–water partition coefficient (Wildman–Crippen LogP) is 3.32. The lowest BCUT2D eigenvalue weighted by Gasteiger charge is -2.15. The number of para-hydroxylation sites is 1. The van der Waals surface area contributed by atoms with Crippen LogP contribution in [0.2, 0.25) is 10.0 Å². The van der Waals surface area contributed by atoms with E-state index in [2.05, 4.69) is 10.0 Å². The molecule has 0 bridgehead atoms. The summed E-state index contributed by atoms with van der Waals surface area (Å²) in [6, 6.07) is 8.54. The molecule has 1 aliphatic rings. The Labute approximate surface area is 173 Å². The molecule has 28 heavy (non-hydrogen) atoms. The van der Waals surface area contributed by atoms with Gasteiger partial charge in [0.25, 0.3) is 5.91 Å². The van der Waals surface area contributed by atoms with Gasteiger partial charge in [-0.3, -0.25) is 4.79 Å². The lowest BCUT2D eigenvalue weighted by molar-refractivity contribution is 0.102. The van der Waals surface area contributed by atoms with Crippen molar-refractivity contribution in [2.24, 2.45) is 0 Å². The molecular formula is C18H18Cl2N2O5S. The average Bonchev–Trinajstić information content (AvgIpc) is 3.16. The van der Waals surface area contributed by atoms with Gasteiger partial charge in [0.05, 0.1) is 39.9 Å². The number of amides is 1. The maximum absolute atomic E-state index is 12.8. The molecule has 10 heteroatoms. The smallest absolute Gasteiger partial charge is 0.259 e. The van der Waals surface area contributed by atoms with Crippen molar-refractivity contribution < 1.29 is 22.7 Å². The predicted molar refractivity (Wildman–Crippen MR) is 107 cm³/mol. The standard InChI is InChI=1S/C18H18Cl2N2O5S/c1-26-16-6-5-12(28(24,25)22-11-7-8-27-10-11)9-13(16)18(23)21-17-14(19)3-2-4-15(17)20/h2-6,9,11,22H,7-8,10H2,1H3,(H,21,23). The fourth-order valence-corrected chi connectivity index (χ4v) is 4.52. The average molecular weight is 445 g/mol. The van der Waals surface area contributed by atoms with Crippen LogP contribution in [0.3, 0.4) is 0 Å². The van der Waals surface area contributed by atoms with E-state index in [4.69, 9.17) is 32.7 Å². The van der Waals surface area contributed by atoms with Crippen molar-refractivity contribution in [3.05, 3.63) is 52.0 Å². The molecular weight excluding hydrogens is 427 g/mol. The van der Waals surface area contributed by atoms with Gasteiger partial charge in [-0.05, 0) is 36.8 Å². The maximum Gasteiger partial charge on any atom is 0.259 e. The quantitative estimate of drug-likeness (QED) is 0.712. The Hall–Kier alpha value is -1.84. The molecule has 1 aliphatic heterocycles. The second-order valence-electron chi connectivity index (χ2n) is 6.09. The zero-order valence-electron chi connectivity index (χ0n) is 14.9. The van der Waals surface area contributed by atoms with Gasteiger partial charge in [0.2, 0.25) is 10.0 Å². The van der Waals surface area contributed by atoms with Crippen molar-refractivity contribution in [3.63, 3.8) is 0 Å². The summed E-state index contributed by atoms with van der Waals surface area (Å²) in [5.41, 5.74) is 0.261. The van der Waals surface area contributed by atoms with E-state index in [9.17, 15) is 13.2 Å². The van der Waals surface area contributed by atoms with E-state index in [-0.39, 0.29) is 38.0 Å². The summed E-state index contributed by atoms with van der Waals surface area (Å²) >= 11 is 12.2. The highest BCUT2D eigenvalue weighted by atomic mass is 35.5. The van der Waals surface area contributed by atoms with Gasteiger partial charge in [-0.15, -0.1) is 0 Å². The van der Waals surface area contributed by atoms with Crippen molar-refractivity contribution >= 4 is 44.8 Å². The molecule has 1 unspecified atom stereocenters. The van der Waals surface area contributed by atoms with Crippen LogP contribution in [0.15, 0.2) is 41.3 Å². The first-order valence-corrected chi connectivity index (χ1v) is 10.6. The summed E-state index contributed by atoms with van der Waals surface area (Å²) in [5, 5.41) is 3.12. The van der Waals surface area contributed by atoms with E-state index in [1.54, 1.807) is 18.2 Å². The number of anilines is 1. The van der Waals surface area contributed by atoms with Crippen LogP contribution in [0.1, 0.15) is 16.8 Å². The Morgan fingerprint density at radius 2 is 1.93 bits per heavy atom. The monoisotopic (exact) mass is 444 g/mol. The molecule has 7 nitrogen and oxygen atoms in total. The molecule has 2 aromatic rings. The minimum atomic E-state index is -3.83. The Bertz CT molecular complexity index is 971. The fourth-order valence-electron chi connectivity index (χ4n) is 2.74. The number of hydrogen-bond donors (Lipinski definition) is 2. The topological polar surface area (TPSA) is 93.7 Å². The van der Waals surface area contributed by atoms with Crippen LogP contribution in [0.4, 0.5) is 5.69 Å². The highest BCUT2D eigenvalue weighted by Crippen LogP contribution is 2.31. The molecule has 0 radical (unpaired) electrons. The lowest BCUT2D eigenvalue weighted by Crippen LogP contribution is -2.35. The molecule has 0 saturated carbocycles. The molecule has 1 atom stereocenters. The summed E-state index contributed by atoms with van der Waals surface area (Å²) < 4.78 is 38.3. The Kier molecular flexibility index (Phi) is 6.47. The van der Waals surface area contributed by atoms with Crippen molar-refractivity contribution in [2.45, 2.75) is 17.4 Å². The zero-order valence-corrected chi connectivity index (χ0v) is 17.2. The van der Waals surface area contributed by atoms with E-state index in [1.807, 2.05) is 0 Å². The number of carbonyl (C=O) groups excluding carboxylic acids is 1. The first-order chi connectivity index (χ1) is 13.3. The lowest BCUT2D eigenvalue weighted by atomic mass is 10.2. The molecule has 0 spiro atoms. The first-order valence-electron chi connectivity index (χ1n) is 8.35. The third-order valence-electron chi connectivity index (χ3n) is 4.18. The minimum Gasteiger partial charge on any atom is -0.496 e. The molecule has 3 rings (SSSR count). The zero-order chi connectivity index (χ0) is 20.3. The molecule has 1 heterocycles. The van der Waals surface area contributed by atoms with Crippen molar-refractivity contribution in [2.75, 3.05) is 25.6 Å². The number of methoxy groups -OCH3 is 1.